The Morgan fingerprint density at radius 2 is 1.22 bits per heavy atom. The normalized spacial score (nSPS) is 8.00. The molecule has 0 aromatic heterocycles. The van der Waals surface area contributed by atoms with E-state index in [1.807, 2.05) is 0 Å². The van der Waals surface area contributed by atoms with E-state index in [2.05, 4.69) is 34.1 Å². The first kappa shape index (κ1) is 22.5. The first-order chi connectivity index (χ1) is 2.56. The molecule has 2 heteroatoms. The van der Waals surface area contributed by atoms with Crippen LogP contribution in [-0.4, -0.2) is 18.9 Å². The minimum atomic E-state index is 0. The van der Waals surface area contributed by atoms with Crippen LogP contribution >= 0.6 is 0 Å². The molecular weight excluding hydrogens is 155 g/mol. The molecule has 0 aromatic rings. The van der Waals surface area contributed by atoms with Crippen molar-refractivity contribution in [2.45, 2.75) is 27.7 Å². The molecule has 0 saturated heterocycles. The van der Waals surface area contributed by atoms with Gasteiger partial charge in [0.15, 0.2) is 0 Å². The summed E-state index contributed by atoms with van der Waals surface area (Å²) < 4.78 is 0. The SMILES string of the molecule is C[CH-]C(C)(C)C.[CH3-].[Cu+2].[Li]. The molecule has 0 heterocycles. The Balaban J connectivity index is -0.0000000417. The molecule has 56 valence electrons. The second-order valence-electron chi connectivity index (χ2n) is 2.65. The van der Waals surface area contributed by atoms with Gasteiger partial charge in [0, 0.05) is 18.9 Å². The molecule has 0 aliphatic carbocycles. The molecule has 0 nitrogen and oxygen atoms in total. The zero-order valence-electron chi connectivity index (χ0n) is 7.38. The largest absolute Gasteiger partial charge is 2.00 e. The van der Waals surface area contributed by atoms with E-state index in [1.54, 1.807) is 0 Å². The third-order valence-electron chi connectivity index (χ3n) is 0.866. The number of hydrogen-bond donors (Lipinski definition) is 0. The smallest absolute Gasteiger partial charge is 0.358 e. The first-order valence-electron chi connectivity index (χ1n) is 2.37. The van der Waals surface area contributed by atoms with E-state index in [1.165, 1.54) is 0 Å². The molecule has 0 bridgehead atoms. The third kappa shape index (κ3) is 27.2. The maximum Gasteiger partial charge on any atom is 2.00 e. The molecular formula is C7H16CuLi. The summed E-state index contributed by atoms with van der Waals surface area (Å²) in [4.78, 5) is 0. The van der Waals surface area contributed by atoms with Gasteiger partial charge in [-0.15, -0.1) is 0 Å². The van der Waals surface area contributed by atoms with Gasteiger partial charge >= 0.3 is 17.1 Å². The Morgan fingerprint density at radius 3 is 1.22 bits per heavy atom. The van der Waals surface area contributed by atoms with Crippen molar-refractivity contribution >= 4 is 18.9 Å². The molecule has 0 aromatic carbocycles. The van der Waals surface area contributed by atoms with Crippen molar-refractivity contribution in [3.63, 3.8) is 0 Å². The summed E-state index contributed by atoms with van der Waals surface area (Å²) in [5.74, 6) is 0. The number of rotatable bonds is 0. The zero-order chi connectivity index (χ0) is 5.21. The van der Waals surface area contributed by atoms with Crippen molar-refractivity contribution < 1.29 is 17.1 Å². The average molecular weight is 171 g/mol. The summed E-state index contributed by atoms with van der Waals surface area (Å²) >= 11 is 0. The average Bonchev–Trinajstić information content (AvgIpc) is 1.35. The summed E-state index contributed by atoms with van der Waals surface area (Å²) in [5.41, 5.74) is 0.417. The second kappa shape index (κ2) is 9.12. The van der Waals surface area contributed by atoms with E-state index >= 15 is 0 Å². The van der Waals surface area contributed by atoms with Gasteiger partial charge in [0.1, 0.15) is 0 Å². The molecule has 0 saturated carbocycles. The van der Waals surface area contributed by atoms with Crippen molar-refractivity contribution in [2.24, 2.45) is 5.41 Å². The van der Waals surface area contributed by atoms with Crippen molar-refractivity contribution in [1.82, 2.24) is 0 Å². The quantitative estimate of drug-likeness (QED) is 0.387. The van der Waals surface area contributed by atoms with Crippen LogP contribution in [0.4, 0.5) is 0 Å². The van der Waals surface area contributed by atoms with Gasteiger partial charge in [-0.3, -0.25) is 0 Å². The van der Waals surface area contributed by atoms with Crippen LogP contribution in [0.5, 0.6) is 0 Å². The number of hydrogen-bond acceptors (Lipinski definition) is 0. The van der Waals surface area contributed by atoms with Gasteiger partial charge in [0.25, 0.3) is 0 Å². The molecule has 0 amide bonds. The van der Waals surface area contributed by atoms with Crippen LogP contribution in [0.25, 0.3) is 0 Å². The van der Waals surface area contributed by atoms with Gasteiger partial charge < -0.3 is 13.8 Å². The zero-order valence-corrected chi connectivity index (χ0v) is 8.32. The molecule has 0 fully saturated rings. The van der Waals surface area contributed by atoms with Crippen LogP contribution in [-0.2, 0) is 17.1 Å². The molecule has 0 aliphatic heterocycles. The van der Waals surface area contributed by atoms with Gasteiger partial charge in [0.05, 0.1) is 0 Å². The van der Waals surface area contributed by atoms with E-state index in [0.29, 0.717) is 5.41 Å². The van der Waals surface area contributed by atoms with Gasteiger partial charge in [-0.25, -0.2) is 0 Å². The molecule has 0 N–H and O–H groups in total. The van der Waals surface area contributed by atoms with E-state index < -0.39 is 0 Å². The maximum atomic E-state index is 2.19. The van der Waals surface area contributed by atoms with Crippen LogP contribution < -0.4 is 0 Å². The molecule has 0 unspecified atom stereocenters. The van der Waals surface area contributed by atoms with Crippen LogP contribution in [0, 0.1) is 19.3 Å². The van der Waals surface area contributed by atoms with Crippen LogP contribution in [0.15, 0.2) is 0 Å². The summed E-state index contributed by atoms with van der Waals surface area (Å²) in [7, 11) is 0. The topological polar surface area (TPSA) is 0 Å². The molecule has 0 rings (SSSR count). The van der Waals surface area contributed by atoms with Crippen molar-refractivity contribution in [3.8, 4) is 0 Å². The van der Waals surface area contributed by atoms with Gasteiger partial charge in [-0.2, -0.15) is 12.3 Å². The summed E-state index contributed by atoms with van der Waals surface area (Å²) in [6.07, 6.45) is 2.19. The minimum absolute atomic E-state index is 0. The van der Waals surface area contributed by atoms with Gasteiger partial charge in [-0.1, -0.05) is 20.8 Å². The summed E-state index contributed by atoms with van der Waals surface area (Å²) in [6, 6.07) is 0. The van der Waals surface area contributed by atoms with E-state index in [0.717, 1.165) is 0 Å². The molecule has 0 spiro atoms. The Hall–Kier alpha value is 1.12. The summed E-state index contributed by atoms with van der Waals surface area (Å²) in [5, 5.41) is 0. The molecule has 0 aliphatic rings. The van der Waals surface area contributed by atoms with Crippen LogP contribution in [0.1, 0.15) is 27.7 Å². The maximum absolute atomic E-state index is 2.19. The standard InChI is InChI=1S/C6H13.CH3.Cu.Li/c1-5-6(2,3)4;;;/h5H,1-4H3;1H3;;/q2*-1;+2;. The fourth-order valence-corrected chi connectivity index (χ4v) is 0. The van der Waals surface area contributed by atoms with Crippen molar-refractivity contribution in [1.29, 1.82) is 0 Å². The predicted molar refractivity (Wildman–Crippen MR) is 41.6 cm³/mol. The van der Waals surface area contributed by atoms with Crippen molar-refractivity contribution in [2.75, 3.05) is 0 Å². The monoisotopic (exact) mass is 170 g/mol. The Bertz CT molecular complexity index is 38.7. The van der Waals surface area contributed by atoms with E-state index in [4.69, 9.17) is 0 Å². The third-order valence-corrected chi connectivity index (χ3v) is 0.866. The Morgan fingerprint density at radius 1 is 1.11 bits per heavy atom. The van der Waals surface area contributed by atoms with Crippen LogP contribution in [0.2, 0.25) is 0 Å². The van der Waals surface area contributed by atoms with Gasteiger partial charge in [0.2, 0.25) is 0 Å². The predicted octanol–water partition coefficient (Wildman–Crippen LogP) is 2.32. The van der Waals surface area contributed by atoms with E-state index in [-0.39, 0.29) is 43.4 Å². The summed E-state index contributed by atoms with van der Waals surface area (Å²) in [6.45, 7) is 8.65. The minimum Gasteiger partial charge on any atom is -0.358 e. The fraction of sp³-hybridized carbons (Fsp3) is 0.714. The van der Waals surface area contributed by atoms with Crippen LogP contribution in [0.3, 0.4) is 0 Å². The fourth-order valence-electron chi connectivity index (χ4n) is 0. The molecule has 2 radical (unpaired) electrons. The Labute approximate surface area is 82.8 Å². The Kier molecular flexibility index (Phi) is 22.8. The van der Waals surface area contributed by atoms with E-state index in [9.17, 15) is 0 Å². The first-order valence-corrected chi connectivity index (χ1v) is 2.37. The molecule has 9 heavy (non-hydrogen) atoms. The van der Waals surface area contributed by atoms with Gasteiger partial charge in [-0.05, 0) is 0 Å². The second-order valence-corrected chi connectivity index (χ2v) is 2.65. The molecule has 0 atom stereocenters. The van der Waals surface area contributed by atoms with Crippen molar-refractivity contribution in [3.05, 3.63) is 13.8 Å².